The van der Waals surface area contributed by atoms with Crippen molar-refractivity contribution in [3.63, 3.8) is 0 Å². The highest BCUT2D eigenvalue weighted by Gasteiger charge is 2.41. The Morgan fingerprint density at radius 3 is 2.65 bits per heavy atom. The third-order valence-corrected chi connectivity index (χ3v) is 7.87. The van der Waals surface area contributed by atoms with Gasteiger partial charge in [0.25, 0.3) is 5.91 Å². The quantitative estimate of drug-likeness (QED) is 0.706. The maximum atomic E-state index is 12.9. The SMILES string of the molecule is O=C1NC(O)CCC1N1Cc2cc(O[C@@H]3CCC[C@H]3N3CC(c4ccncc4)C3)ccc2C1=O. The molecule has 1 saturated carbocycles. The summed E-state index contributed by atoms with van der Waals surface area (Å²) in [4.78, 5) is 33.6. The van der Waals surface area contributed by atoms with Gasteiger partial charge in [-0.2, -0.15) is 0 Å². The zero-order valence-electron chi connectivity index (χ0n) is 19.1. The Kier molecular flexibility index (Phi) is 5.50. The molecule has 4 aliphatic rings. The number of piperidine rings is 1. The molecule has 1 aliphatic carbocycles. The topological polar surface area (TPSA) is 95.0 Å². The maximum Gasteiger partial charge on any atom is 0.255 e. The van der Waals surface area contributed by atoms with E-state index in [0.717, 1.165) is 43.7 Å². The zero-order chi connectivity index (χ0) is 23.2. The van der Waals surface area contributed by atoms with Crippen molar-refractivity contribution in [1.82, 2.24) is 20.1 Å². The number of amides is 2. The van der Waals surface area contributed by atoms with Crippen LogP contribution in [0.15, 0.2) is 42.7 Å². The predicted molar refractivity (Wildman–Crippen MR) is 124 cm³/mol. The first-order valence-corrected chi connectivity index (χ1v) is 12.3. The van der Waals surface area contributed by atoms with Crippen molar-refractivity contribution in [3.05, 3.63) is 59.4 Å². The normalized spacial score (nSPS) is 29.6. The van der Waals surface area contributed by atoms with Crippen LogP contribution in [0.5, 0.6) is 5.75 Å². The van der Waals surface area contributed by atoms with Crippen molar-refractivity contribution in [2.45, 2.75) is 69.0 Å². The van der Waals surface area contributed by atoms with Crippen LogP contribution in [-0.2, 0) is 11.3 Å². The number of nitrogens with zero attached hydrogens (tertiary/aromatic N) is 3. The molecule has 2 unspecified atom stereocenters. The first kappa shape index (κ1) is 21.6. The molecule has 2 saturated heterocycles. The number of rotatable bonds is 5. The van der Waals surface area contributed by atoms with Gasteiger partial charge in [0.05, 0.1) is 0 Å². The molecule has 3 fully saturated rings. The fourth-order valence-corrected chi connectivity index (χ4v) is 5.99. The Balaban J connectivity index is 1.10. The van der Waals surface area contributed by atoms with Gasteiger partial charge < -0.3 is 20.1 Å². The number of aliphatic hydroxyl groups excluding tert-OH is 1. The molecule has 6 rings (SSSR count). The zero-order valence-corrected chi connectivity index (χ0v) is 19.1. The number of aliphatic hydroxyl groups is 1. The number of ether oxygens (including phenoxy) is 1. The lowest BCUT2D eigenvalue weighted by Crippen LogP contribution is -2.54. The van der Waals surface area contributed by atoms with E-state index in [1.54, 1.807) is 4.90 Å². The van der Waals surface area contributed by atoms with E-state index in [2.05, 4.69) is 27.3 Å². The van der Waals surface area contributed by atoms with E-state index in [1.165, 1.54) is 5.56 Å². The molecule has 0 radical (unpaired) electrons. The monoisotopic (exact) mass is 462 g/mol. The number of benzene rings is 1. The molecular weight excluding hydrogens is 432 g/mol. The molecule has 0 spiro atoms. The first-order valence-electron chi connectivity index (χ1n) is 12.3. The molecule has 178 valence electrons. The Morgan fingerprint density at radius 2 is 1.85 bits per heavy atom. The van der Waals surface area contributed by atoms with Crippen molar-refractivity contribution in [2.75, 3.05) is 13.1 Å². The fraction of sp³-hybridized carbons (Fsp3) is 0.500. The second kappa shape index (κ2) is 8.67. The number of fused-ring (bicyclic) bond motifs is 1. The summed E-state index contributed by atoms with van der Waals surface area (Å²) in [6, 6.07) is 9.78. The number of hydrogen-bond donors (Lipinski definition) is 2. The second-order valence-electron chi connectivity index (χ2n) is 9.96. The van der Waals surface area contributed by atoms with Gasteiger partial charge in [0.1, 0.15) is 24.1 Å². The van der Waals surface area contributed by atoms with Crippen LogP contribution >= 0.6 is 0 Å². The average Bonchev–Trinajstić information content (AvgIpc) is 3.38. The van der Waals surface area contributed by atoms with E-state index < -0.39 is 12.3 Å². The summed E-state index contributed by atoms with van der Waals surface area (Å²) >= 11 is 0. The predicted octanol–water partition coefficient (Wildman–Crippen LogP) is 2.03. The minimum atomic E-state index is -0.824. The van der Waals surface area contributed by atoms with Gasteiger partial charge in [0.15, 0.2) is 0 Å². The van der Waals surface area contributed by atoms with Crippen LogP contribution < -0.4 is 10.1 Å². The number of hydrogen-bond acceptors (Lipinski definition) is 6. The highest BCUT2D eigenvalue weighted by Crippen LogP contribution is 2.37. The minimum absolute atomic E-state index is 0.125. The van der Waals surface area contributed by atoms with E-state index in [-0.39, 0.29) is 17.9 Å². The van der Waals surface area contributed by atoms with E-state index in [9.17, 15) is 14.7 Å². The van der Waals surface area contributed by atoms with E-state index in [0.29, 0.717) is 36.9 Å². The van der Waals surface area contributed by atoms with Crippen molar-refractivity contribution in [2.24, 2.45) is 0 Å². The third-order valence-electron chi connectivity index (χ3n) is 7.87. The van der Waals surface area contributed by atoms with Crippen molar-refractivity contribution >= 4 is 11.8 Å². The Bertz CT molecular complexity index is 1090. The second-order valence-corrected chi connectivity index (χ2v) is 9.96. The van der Waals surface area contributed by atoms with E-state index in [1.807, 2.05) is 30.6 Å². The molecule has 1 aromatic heterocycles. The molecule has 34 heavy (non-hydrogen) atoms. The molecule has 8 nitrogen and oxygen atoms in total. The van der Waals surface area contributed by atoms with Gasteiger partial charge in [0.2, 0.25) is 5.91 Å². The molecule has 4 heterocycles. The van der Waals surface area contributed by atoms with Gasteiger partial charge in [-0.15, -0.1) is 0 Å². The van der Waals surface area contributed by atoms with Crippen molar-refractivity contribution in [3.8, 4) is 5.75 Å². The van der Waals surface area contributed by atoms with Crippen LogP contribution in [0.1, 0.15) is 59.5 Å². The van der Waals surface area contributed by atoms with Crippen LogP contribution in [0.4, 0.5) is 0 Å². The number of carbonyl (C=O) groups excluding carboxylic acids is 2. The maximum absolute atomic E-state index is 12.9. The minimum Gasteiger partial charge on any atom is -0.489 e. The summed E-state index contributed by atoms with van der Waals surface area (Å²) < 4.78 is 6.47. The lowest BCUT2D eigenvalue weighted by molar-refractivity contribution is -0.132. The van der Waals surface area contributed by atoms with Crippen molar-refractivity contribution < 1.29 is 19.4 Å². The van der Waals surface area contributed by atoms with Gasteiger partial charge in [-0.25, -0.2) is 0 Å². The Labute approximate surface area is 198 Å². The summed E-state index contributed by atoms with van der Waals surface area (Å²) in [7, 11) is 0. The van der Waals surface area contributed by atoms with E-state index in [4.69, 9.17) is 4.74 Å². The first-order chi connectivity index (χ1) is 16.6. The fourth-order valence-electron chi connectivity index (χ4n) is 5.99. The number of aromatic nitrogens is 1. The molecule has 2 N–H and O–H groups in total. The largest absolute Gasteiger partial charge is 0.489 e. The molecule has 2 amide bonds. The molecule has 0 bridgehead atoms. The molecule has 8 heteroatoms. The van der Waals surface area contributed by atoms with Crippen LogP contribution in [0, 0.1) is 0 Å². The van der Waals surface area contributed by atoms with Crippen molar-refractivity contribution in [1.29, 1.82) is 0 Å². The molecule has 1 aromatic carbocycles. The summed E-state index contributed by atoms with van der Waals surface area (Å²) in [5.41, 5.74) is 2.89. The molecular formula is C26H30N4O4. The lowest BCUT2D eigenvalue weighted by atomic mass is 9.90. The summed E-state index contributed by atoms with van der Waals surface area (Å²) in [6.07, 6.45) is 7.31. The van der Waals surface area contributed by atoms with E-state index >= 15 is 0 Å². The Hall–Kier alpha value is -2.97. The van der Waals surface area contributed by atoms with Crippen LogP contribution in [0.2, 0.25) is 0 Å². The van der Waals surface area contributed by atoms with Crippen LogP contribution in [0.3, 0.4) is 0 Å². The lowest BCUT2D eigenvalue weighted by Gasteiger charge is -2.45. The highest BCUT2D eigenvalue weighted by molar-refractivity contribution is 6.01. The number of carbonyl (C=O) groups is 2. The standard InChI is InChI=1S/C26H30N4O4/c31-24-7-6-22(25(32)28-24)30-15-17-12-19(4-5-20(17)26(30)33)34-23-3-1-2-21(23)29-13-18(14-29)16-8-10-27-11-9-16/h4-5,8-12,18,21-24,31H,1-3,6-7,13-15H2,(H,28,32)/t21-,22?,23-,24?/m1/s1. The van der Waals surface area contributed by atoms with Crippen LogP contribution in [-0.4, -0.2) is 69.2 Å². The van der Waals surface area contributed by atoms with Gasteiger partial charge in [-0.1, -0.05) is 0 Å². The van der Waals surface area contributed by atoms with Gasteiger partial charge in [-0.3, -0.25) is 19.5 Å². The molecule has 3 aliphatic heterocycles. The third kappa shape index (κ3) is 3.84. The Morgan fingerprint density at radius 1 is 1.03 bits per heavy atom. The van der Waals surface area contributed by atoms with Crippen LogP contribution in [0.25, 0.3) is 0 Å². The summed E-state index contributed by atoms with van der Waals surface area (Å²) in [6.45, 7) is 2.51. The smallest absolute Gasteiger partial charge is 0.255 e. The van der Waals surface area contributed by atoms with Gasteiger partial charge >= 0.3 is 0 Å². The summed E-state index contributed by atoms with van der Waals surface area (Å²) in [5, 5.41) is 12.2. The number of pyridine rings is 1. The number of nitrogens with one attached hydrogen (secondary N) is 1. The highest BCUT2D eigenvalue weighted by atomic mass is 16.5. The molecule has 4 atom stereocenters. The van der Waals surface area contributed by atoms with Gasteiger partial charge in [-0.05, 0) is 73.6 Å². The molecule has 2 aromatic rings. The van der Waals surface area contributed by atoms with Gasteiger partial charge in [0, 0.05) is 49.6 Å². The number of likely N-dealkylation sites (tertiary alicyclic amines) is 1. The summed E-state index contributed by atoms with van der Waals surface area (Å²) in [5.74, 6) is 0.948. The average molecular weight is 463 g/mol.